The number of rotatable bonds is 6. The van der Waals surface area contributed by atoms with E-state index in [9.17, 15) is 12.6 Å². The van der Waals surface area contributed by atoms with Crippen LogP contribution < -0.4 is 5.32 Å². The second-order valence-corrected chi connectivity index (χ2v) is 8.79. The minimum absolute atomic E-state index is 0.142. The maximum atomic E-state index is 12.4. The Bertz CT molecular complexity index is 592. The average Bonchev–Trinajstić information content (AvgIpc) is 2.97. The van der Waals surface area contributed by atoms with Crippen LogP contribution in [0.2, 0.25) is 0 Å². The molecule has 1 aliphatic rings. The minimum Gasteiger partial charge on any atom is -0.381 e. The first-order valence-corrected chi connectivity index (χ1v) is 10.1. The van der Waals surface area contributed by atoms with Crippen LogP contribution in [0.15, 0.2) is 34.1 Å². The molecule has 21 heavy (non-hydrogen) atoms. The fourth-order valence-electron chi connectivity index (χ4n) is 2.42. The fraction of sp³-hybridized carbons (Fsp3) is 0.571. The molecule has 0 radical (unpaired) electrons. The third-order valence-electron chi connectivity index (χ3n) is 3.75. The van der Waals surface area contributed by atoms with E-state index in [-0.39, 0.29) is 10.9 Å². The summed E-state index contributed by atoms with van der Waals surface area (Å²) in [6.45, 7) is 1.47. The van der Waals surface area contributed by atoms with Crippen LogP contribution in [-0.2, 0) is 25.4 Å². The SMILES string of the molecule is CNC(CS(=O)c1ccc(S(C)(=O)=O)cc1)C1CCOC1. The highest BCUT2D eigenvalue weighted by Crippen LogP contribution is 2.20. The number of hydrogen-bond donors (Lipinski definition) is 1. The molecule has 3 unspecified atom stereocenters. The molecular weight excluding hydrogens is 310 g/mol. The van der Waals surface area contributed by atoms with Gasteiger partial charge < -0.3 is 10.1 Å². The lowest BCUT2D eigenvalue weighted by molar-refractivity contribution is 0.179. The second-order valence-electron chi connectivity index (χ2n) is 5.27. The first-order chi connectivity index (χ1) is 9.91. The van der Waals surface area contributed by atoms with Gasteiger partial charge in [0.1, 0.15) is 0 Å². The van der Waals surface area contributed by atoms with Gasteiger partial charge in [0.2, 0.25) is 0 Å². The molecule has 5 nitrogen and oxygen atoms in total. The third-order valence-corrected chi connectivity index (χ3v) is 6.34. The molecule has 0 aliphatic carbocycles. The summed E-state index contributed by atoms with van der Waals surface area (Å²) in [4.78, 5) is 0.902. The van der Waals surface area contributed by atoms with Crippen LogP contribution in [0.25, 0.3) is 0 Å². The first-order valence-electron chi connectivity index (χ1n) is 6.85. The summed E-state index contributed by atoms with van der Waals surface area (Å²) in [5.74, 6) is 0.886. The molecule has 0 saturated carbocycles. The average molecular weight is 331 g/mol. The van der Waals surface area contributed by atoms with Crippen LogP contribution in [0.4, 0.5) is 0 Å². The Labute approximate surface area is 128 Å². The molecule has 1 saturated heterocycles. The molecule has 2 rings (SSSR count). The van der Waals surface area contributed by atoms with E-state index in [0.29, 0.717) is 23.2 Å². The van der Waals surface area contributed by atoms with Crippen molar-refractivity contribution >= 4 is 20.6 Å². The van der Waals surface area contributed by atoms with E-state index in [1.54, 1.807) is 12.1 Å². The Balaban J connectivity index is 2.05. The molecular formula is C14H21NO4S2. The summed E-state index contributed by atoms with van der Waals surface area (Å²) in [5.41, 5.74) is 0. The summed E-state index contributed by atoms with van der Waals surface area (Å²) in [5, 5.41) is 3.21. The van der Waals surface area contributed by atoms with Crippen LogP contribution >= 0.6 is 0 Å². The molecule has 118 valence electrons. The maximum absolute atomic E-state index is 12.4. The lowest BCUT2D eigenvalue weighted by Crippen LogP contribution is -2.38. The zero-order valence-corrected chi connectivity index (χ0v) is 13.9. The smallest absolute Gasteiger partial charge is 0.175 e. The molecule has 1 aliphatic heterocycles. The summed E-state index contributed by atoms with van der Waals surface area (Å²) in [6.07, 6.45) is 2.14. The molecule has 1 fully saturated rings. The van der Waals surface area contributed by atoms with Crippen molar-refractivity contribution in [3.8, 4) is 0 Å². The molecule has 1 heterocycles. The number of benzene rings is 1. The van der Waals surface area contributed by atoms with E-state index in [0.717, 1.165) is 19.3 Å². The summed E-state index contributed by atoms with van der Waals surface area (Å²) in [6, 6.07) is 6.42. The Morgan fingerprint density at radius 1 is 1.38 bits per heavy atom. The predicted octanol–water partition coefficient (Wildman–Crippen LogP) is 0.822. The largest absolute Gasteiger partial charge is 0.381 e. The highest BCUT2D eigenvalue weighted by Gasteiger charge is 2.26. The van der Waals surface area contributed by atoms with E-state index >= 15 is 0 Å². The topological polar surface area (TPSA) is 72.5 Å². The van der Waals surface area contributed by atoms with Gasteiger partial charge in [0.15, 0.2) is 9.84 Å². The van der Waals surface area contributed by atoms with Gasteiger partial charge in [-0.3, -0.25) is 4.21 Å². The molecule has 0 spiro atoms. The van der Waals surface area contributed by atoms with Gasteiger partial charge in [-0.15, -0.1) is 0 Å². The van der Waals surface area contributed by atoms with Crippen molar-refractivity contribution in [2.75, 3.05) is 32.3 Å². The van der Waals surface area contributed by atoms with Gasteiger partial charge in [0, 0.05) is 35.5 Å². The number of sulfone groups is 1. The van der Waals surface area contributed by atoms with Crippen LogP contribution in [0.5, 0.6) is 0 Å². The molecule has 0 bridgehead atoms. The van der Waals surface area contributed by atoms with Crippen molar-refractivity contribution in [2.45, 2.75) is 22.3 Å². The van der Waals surface area contributed by atoms with Crippen LogP contribution in [0, 0.1) is 5.92 Å². The van der Waals surface area contributed by atoms with E-state index < -0.39 is 20.6 Å². The van der Waals surface area contributed by atoms with Crippen molar-refractivity contribution in [1.82, 2.24) is 5.32 Å². The van der Waals surface area contributed by atoms with Crippen molar-refractivity contribution in [3.63, 3.8) is 0 Å². The number of hydrogen-bond acceptors (Lipinski definition) is 5. The predicted molar refractivity (Wildman–Crippen MR) is 82.6 cm³/mol. The summed E-state index contributed by atoms with van der Waals surface area (Å²) < 4.78 is 40.6. The van der Waals surface area contributed by atoms with Gasteiger partial charge in [-0.05, 0) is 37.7 Å². The van der Waals surface area contributed by atoms with Gasteiger partial charge in [-0.1, -0.05) is 0 Å². The maximum Gasteiger partial charge on any atom is 0.175 e. The van der Waals surface area contributed by atoms with Gasteiger partial charge in [0.05, 0.1) is 22.3 Å². The van der Waals surface area contributed by atoms with Crippen LogP contribution in [0.1, 0.15) is 6.42 Å². The molecule has 3 atom stereocenters. The molecule has 7 heteroatoms. The molecule has 1 aromatic carbocycles. The minimum atomic E-state index is -3.21. The second kappa shape index (κ2) is 7.00. The standard InChI is InChI=1S/C14H21NO4S2/c1-15-14(11-7-8-19-9-11)10-20(16)12-3-5-13(6-4-12)21(2,17)18/h3-6,11,14-15H,7-10H2,1-2H3. The Morgan fingerprint density at radius 3 is 2.52 bits per heavy atom. The zero-order chi connectivity index (χ0) is 15.5. The summed E-state index contributed by atoms with van der Waals surface area (Å²) in [7, 11) is -2.50. The number of ether oxygens (including phenoxy) is 1. The highest BCUT2D eigenvalue weighted by atomic mass is 32.2. The van der Waals surface area contributed by atoms with E-state index in [4.69, 9.17) is 4.74 Å². The van der Waals surface area contributed by atoms with Gasteiger partial charge >= 0.3 is 0 Å². The normalized spacial score (nSPS) is 22.1. The summed E-state index contributed by atoms with van der Waals surface area (Å²) >= 11 is 0. The Hall–Kier alpha value is -0.760. The van der Waals surface area contributed by atoms with Crippen molar-refractivity contribution in [3.05, 3.63) is 24.3 Å². The van der Waals surface area contributed by atoms with Gasteiger partial charge in [0.25, 0.3) is 0 Å². The lowest BCUT2D eigenvalue weighted by Gasteiger charge is -2.21. The van der Waals surface area contributed by atoms with Crippen molar-refractivity contribution in [1.29, 1.82) is 0 Å². The highest BCUT2D eigenvalue weighted by molar-refractivity contribution is 7.90. The molecule has 1 N–H and O–H groups in total. The molecule has 0 aromatic heterocycles. The Kier molecular flexibility index (Phi) is 5.54. The van der Waals surface area contributed by atoms with Gasteiger partial charge in [-0.2, -0.15) is 0 Å². The first kappa shape index (κ1) is 16.6. The van der Waals surface area contributed by atoms with E-state index in [1.165, 1.54) is 12.1 Å². The zero-order valence-electron chi connectivity index (χ0n) is 12.2. The molecule has 0 amide bonds. The molecule has 1 aromatic rings. The van der Waals surface area contributed by atoms with Crippen molar-refractivity contribution in [2.24, 2.45) is 5.92 Å². The van der Waals surface area contributed by atoms with Crippen LogP contribution in [-0.4, -0.2) is 50.9 Å². The lowest BCUT2D eigenvalue weighted by atomic mass is 10.0. The third kappa shape index (κ3) is 4.35. The monoisotopic (exact) mass is 331 g/mol. The van der Waals surface area contributed by atoms with E-state index in [1.807, 2.05) is 7.05 Å². The van der Waals surface area contributed by atoms with Crippen molar-refractivity contribution < 1.29 is 17.4 Å². The Morgan fingerprint density at radius 2 is 2.05 bits per heavy atom. The van der Waals surface area contributed by atoms with E-state index in [2.05, 4.69) is 5.32 Å². The van der Waals surface area contributed by atoms with Crippen LogP contribution in [0.3, 0.4) is 0 Å². The quantitative estimate of drug-likeness (QED) is 0.836. The van der Waals surface area contributed by atoms with Gasteiger partial charge in [-0.25, -0.2) is 8.42 Å². The fourth-order valence-corrected chi connectivity index (χ4v) is 4.45. The number of nitrogens with one attached hydrogen (secondary N) is 1.